The molecule has 190 valence electrons. The van der Waals surface area contributed by atoms with E-state index in [1.807, 2.05) is 58.0 Å². The van der Waals surface area contributed by atoms with Gasteiger partial charge in [-0.05, 0) is 69.9 Å². The highest BCUT2D eigenvalue weighted by Crippen LogP contribution is 2.36. The number of carbonyl (C=O) groups is 1. The van der Waals surface area contributed by atoms with Crippen molar-refractivity contribution in [2.45, 2.75) is 51.9 Å². The van der Waals surface area contributed by atoms with Gasteiger partial charge in [0.15, 0.2) is 0 Å². The predicted molar refractivity (Wildman–Crippen MR) is 139 cm³/mol. The number of carboxylic acid groups (broad SMARTS) is 1. The normalized spacial score (nSPS) is 20.6. The zero-order valence-electron chi connectivity index (χ0n) is 21.4. The summed E-state index contributed by atoms with van der Waals surface area (Å²) in [6, 6.07) is 10.1. The van der Waals surface area contributed by atoms with Gasteiger partial charge >= 0.3 is 13.2 Å². The fraction of sp³-hybridized carbons (Fsp3) is 0.480. The maximum absolute atomic E-state index is 11.2. The number of rotatable bonds is 5. The van der Waals surface area contributed by atoms with Crippen LogP contribution in [0.25, 0.3) is 11.0 Å². The first-order valence-corrected chi connectivity index (χ1v) is 12.3. The number of piperazine rings is 1. The number of anilines is 2. The number of pyridine rings is 1. The Morgan fingerprint density at radius 3 is 2.47 bits per heavy atom. The van der Waals surface area contributed by atoms with Crippen molar-refractivity contribution in [1.29, 1.82) is 0 Å². The van der Waals surface area contributed by atoms with Crippen LogP contribution in [0.1, 0.15) is 46.2 Å². The largest absolute Gasteiger partial charge is 0.494 e. The van der Waals surface area contributed by atoms with E-state index in [0.29, 0.717) is 37.9 Å². The highest BCUT2D eigenvalue weighted by atomic mass is 16.7. The number of nitrogens with one attached hydrogen (secondary N) is 2. The summed E-state index contributed by atoms with van der Waals surface area (Å²) in [6.07, 6.45) is 0.923. The lowest BCUT2D eigenvalue weighted by Crippen LogP contribution is -2.48. The van der Waals surface area contributed by atoms with Crippen LogP contribution in [-0.4, -0.2) is 80.5 Å². The van der Waals surface area contributed by atoms with Gasteiger partial charge in [0, 0.05) is 38.4 Å². The second kappa shape index (κ2) is 9.06. The number of H-pyrrole nitrogens is 1. The Morgan fingerprint density at radius 2 is 1.81 bits per heavy atom. The summed E-state index contributed by atoms with van der Waals surface area (Å²) in [5, 5.41) is 12.5. The molecule has 2 aliphatic rings. The van der Waals surface area contributed by atoms with E-state index in [9.17, 15) is 9.90 Å². The van der Waals surface area contributed by atoms with Gasteiger partial charge in [0.2, 0.25) is 5.95 Å². The first-order valence-electron chi connectivity index (χ1n) is 12.3. The number of aromatic nitrogens is 3. The molecule has 4 heterocycles. The number of fused-ring (bicyclic) bond motifs is 1. The molecule has 0 radical (unpaired) electrons. The zero-order chi connectivity index (χ0) is 25.7. The minimum atomic E-state index is -0.855. The van der Waals surface area contributed by atoms with Crippen molar-refractivity contribution in [3.63, 3.8) is 0 Å². The number of hydrogen-bond acceptors (Lipinski definition) is 7. The summed E-state index contributed by atoms with van der Waals surface area (Å²) >= 11 is 0. The Labute approximate surface area is 211 Å². The highest BCUT2D eigenvalue weighted by Gasteiger charge is 2.51. The van der Waals surface area contributed by atoms with E-state index in [0.717, 1.165) is 22.1 Å². The molecule has 1 unspecified atom stereocenters. The Kier molecular flexibility index (Phi) is 6.18. The lowest BCUT2D eigenvalue weighted by molar-refractivity contribution is 0.00578. The monoisotopic (exact) mass is 492 g/mol. The topological polar surface area (TPSA) is 116 Å². The van der Waals surface area contributed by atoms with Gasteiger partial charge in [0.05, 0.1) is 22.2 Å². The second-order valence-corrected chi connectivity index (χ2v) is 10.5. The van der Waals surface area contributed by atoms with Crippen LogP contribution >= 0.6 is 0 Å². The standard InChI is InChI=1S/C25H33BN6O4/c1-16(31-10-12-32(13-11-31)23(33)34)17-8-9-27-21(14-17)30-22-28-19-7-6-18(15-20(19)29-22)26-35-24(2,3)25(4,5)36-26/h6-9,14-16H,10-13H2,1-5H3,(H,33,34)(H2,27,28,29,30). The molecule has 3 N–H and O–H groups in total. The summed E-state index contributed by atoms with van der Waals surface area (Å²) in [4.78, 5) is 27.4. The van der Waals surface area contributed by atoms with Crippen LogP contribution in [0.4, 0.5) is 16.6 Å². The predicted octanol–water partition coefficient (Wildman–Crippen LogP) is 3.36. The lowest BCUT2D eigenvalue weighted by atomic mass is 9.79. The lowest BCUT2D eigenvalue weighted by Gasteiger charge is -2.37. The number of nitrogens with zero attached hydrogens (tertiary/aromatic N) is 4. The van der Waals surface area contributed by atoms with E-state index in [4.69, 9.17) is 9.31 Å². The number of imidazole rings is 1. The zero-order valence-corrected chi connectivity index (χ0v) is 21.4. The SMILES string of the molecule is CC(c1ccnc(Nc2nc3ccc(B4OC(C)(C)C(C)(C)O4)cc3[nH]2)c1)N1CCN(C(=O)O)CC1. The summed E-state index contributed by atoms with van der Waals surface area (Å²) in [5.41, 5.74) is 2.96. The van der Waals surface area contributed by atoms with Gasteiger partial charge < -0.3 is 29.6 Å². The molecule has 0 bridgehead atoms. The fourth-order valence-corrected chi connectivity index (χ4v) is 4.62. The molecule has 0 spiro atoms. The van der Waals surface area contributed by atoms with E-state index < -0.39 is 24.4 Å². The van der Waals surface area contributed by atoms with E-state index >= 15 is 0 Å². The summed E-state index contributed by atoms with van der Waals surface area (Å²) in [6.45, 7) is 12.7. The second-order valence-electron chi connectivity index (χ2n) is 10.5. The van der Waals surface area contributed by atoms with E-state index in [-0.39, 0.29) is 6.04 Å². The van der Waals surface area contributed by atoms with Crippen LogP contribution in [-0.2, 0) is 9.31 Å². The third-order valence-electron chi connectivity index (χ3n) is 7.68. The summed E-state index contributed by atoms with van der Waals surface area (Å²) < 4.78 is 12.4. The number of aromatic amines is 1. The van der Waals surface area contributed by atoms with Crippen LogP contribution < -0.4 is 10.8 Å². The van der Waals surface area contributed by atoms with Crippen LogP contribution in [0.2, 0.25) is 0 Å². The van der Waals surface area contributed by atoms with Crippen molar-refractivity contribution in [2.24, 2.45) is 0 Å². The molecule has 0 aliphatic carbocycles. The van der Waals surface area contributed by atoms with Crippen LogP contribution in [0, 0.1) is 0 Å². The molecule has 1 aromatic carbocycles. The van der Waals surface area contributed by atoms with E-state index in [1.165, 1.54) is 4.90 Å². The molecule has 2 fully saturated rings. The molecule has 36 heavy (non-hydrogen) atoms. The van der Waals surface area contributed by atoms with Gasteiger partial charge in [-0.15, -0.1) is 0 Å². The molecule has 0 saturated carbocycles. The minimum absolute atomic E-state index is 0.141. The molecule has 1 atom stereocenters. The Bertz CT molecular complexity index is 1250. The molecule has 2 aromatic heterocycles. The highest BCUT2D eigenvalue weighted by molar-refractivity contribution is 6.62. The van der Waals surface area contributed by atoms with Gasteiger partial charge in [-0.3, -0.25) is 4.90 Å². The third-order valence-corrected chi connectivity index (χ3v) is 7.68. The van der Waals surface area contributed by atoms with E-state index in [2.05, 4.69) is 32.1 Å². The Morgan fingerprint density at radius 1 is 1.11 bits per heavy atom. The first kappa shape index (κ1) is 24.5. The number of benzene rings is 1. The smallest absolute Gasteiger partial charge is 0.465 e. The molecule has 3 aromatic rings. The van der Waals surface area contributed by atoms with Crippen LogP contribution in [0.5, 0.6) is 0 Å². The van der Waals surface area contributed by atoms with Crippen molar-refractivity contribution in [3.8, 4) is 0 Å². The van der Waals surface area contributed by atoms with Gasteiger partial charge in [-0.25, -0.2) is 14.8 Å². The van der Waals surface area contributed by atoms with Gasteiger partial charge in [0.1, 0.15) is 5.82 Å². The molecule has 2 aliphatic heterocycles. The average molecular weight is 492 g/mol. The maximum Gasteiger partial charge on any atom is 0.494 e. The number of hydrogen-bond donors (Lipinski definition) is 3. The average Bonchev–Trinajstić information content (AvgIpc) is 3.33. The third kappa shape index (κ3) is 4.66. The Hall–Kier alpha value is -3.15. The van der Waals surface area contributed by atoms with Crippen molar-refractivity contribution in [3.05, 3.63) is 42.1 Å². The summed E-state index contributed by atoms with van der Waals surface area (Å²) in [7, 11) is -0.434. The van der Waals surface area contributed by atoms with Gasteiger partial charge in [0.25, 0.3) is 0 Å². The van der Waals surface area contributed by atoms with Crippen molar-refractivity contribution < 1.29 is 19.2 Å². The molecule has 11 heteroatoms. The fourth-order valence-electron chi connectivity index (χ4n) is 4.62. The van der Waals surface area contributed by atoms with E-state index in [1.54, 1.807) is 6.20 Å². The number of amides is 1. The molecule has 2 saturated heterocycles. The summed E-state index contributed by atoms with van der Waals surface area (Å²) in [5.74, 6) is 1.29. The quantitative estimate of drug-likeness (QED) is 0.465. The van der Waals surface area contributed by atoms with Gasteiger partial charge in [-0.1, -0.05) is 6.07 Å². The van der Waals surface area contributed by atoms with Crippen molar-refractivity contribution >= 4 is 41.5 Å². The van der Waals surface area contributed by atoms with Crippen LogP contribution in [0.3, 0.4) is 0 Å². The van der Waals surface area contributed by atoms with Crippen LogP contribution in [0.15, 0.2) is 36.5 Å². The molecular formula is C25H33BN6O4. The molecule has 1 amide bonds. The maximum atomic E-state index is 11.2. The molecule has 5 rings (SSSR count). The first-order chi connectivity index (χ1) is 17.0. The molecule has 10 nitrogen and oxygen atoms in total. The Balaban J connectivity index is 1.29. The van der Waals surface area contributed by atoms with Gasteiger partial charge in [-0.2, -0.15) is 0 Å². The van der Waals surface area contributed by atoms with Crippen molar-refractivity contribution in [1.82, 2.24) is 24.8 Å². The van der Waals surface area contributed by atoms with Crippen molar-refractivity contribution in [2.75, 3.05) is 31.5 Å². The molecular weight excluding hydrogens is 459 g/mol. The minimum Gasteiger partial charge on any atom is -0.465 e.